The third-order valence-corrected chi connectivity index (χ3v) is 8.56. The standard InChI is InChI=1S/C30H33F3N6O2/c1-17-4-3-9-38(17)10-11-39-16-19-13-24-25(15-21(19)30(39)41)37(2)28(36-24)26-23(6-8-35-29(26)40)34-7-5-18-12-20(31)14-22(32)27(18)33/h6,8,12-15,17,28,36H,3-5,7,9-11,16H2,1-2H3,(H2,34,35,40). The maximum absolute atomic E-state index is 14.1. The zero-order valence-corrected chi connectivity index (χ0v) is 23.1. The quantitative estimate of drug-likeness (QED) is 0.350. The maximum Gasteiger partial charge on any atom is 0.257 e. The molecule has 1 amide bonds. The normalized spacial score (nSPS) is 20.0. The van der Waals surface area contributed by atoms with E-state index in [2.05, 4.69) is 27.4 Å². The van der Waals surface area contributed by atoms with Crippen molar-refractivity contribution in [2.24, 2.45) is 0 Å². The predicted octanol–water partition coefficient (Wildman–Crippen LogP) is 4.45. The molecular weight excluding hydrogens is 533 g/mol. The number of aromatic amines is 1. The smallest absolute Gasteiger partial charge is 0.257 e. The summed E-state index contributed by atoms with van der Waals surface area (Å²) in [6, 6.07) is 7.61. The summed E-state index contributed by atoms with van der Waals surface area (Å²) in [4.78, 5) is 35.3. The highest BCUT2D eigenvalue weighted by atomic mass is 19.2. The average Bonchev–Trinajstić information content (AvgIpc) is 3.59. The van der Waals surface area contributed by atoms with Crippen molar-refractivity contribution in [2.75, 3.05) is 48.8 Å². The number of anilines is 3. The first kappa shape index (κ1) is 27.2. The molecule has 3 aliphatic rings. The second-order valence-electron chi connectivity index (χ2n) is 11.1. The first-order valence-electron chi connectivity index (χ1n) is 14.0. The van der Waals surface area contributed by atoms with Crippen LogP contribution < -0.4 is 21.1 Å². The van der Waals surface area contributed by atoms with E-state index in [0.717, 1.165) is 36.1 Å². The van der Waals surface area contributed by atoms with Gasteiger partial charge in [-0.3, -0.25) is 14.5 Å². The Bertz CT molecular complexity index is 1560. The second-order valence-corrected chi connectivity index (χ2v) is 11.1. The van der Waals surface area contributed by atoms with Crippen molar-refractivity contribution in [1.82, 2.24) is 14.8 Å². The molecule has 4 heterocycles. The number of aromatic nitrogens is 1. The summed E-state index contributed by atoms with van der Waals surface area (Å²) >= 11 is 0. The molecule has 8 nitrogen and oxygen atoms in total. The number of carbonyl (C=O) groups excluding carboxylic acids is 1. The number of pyridine rings is 1. The van der Waals surface area contributed by atoms with Crippen molar-refractivity contribution in [2.45, 2.75) is 44.9 Å². The van der Waals surface area contributed by atoms with Crippen molar-refractivity contribution < 1.29 is 18.0 Å². The molecule has 0 radical (unpaired) electrons. The number of nitrogens with one attached hydrogen (secondary N) is 3. The predicted molar refractivity (Wildman–Crippen MR) is 152 cm³/mol. The van der Waals surface area contributed by atoms with Crippen molar-refractivity contribution >= 4 is 23.0 Å². The number of likely N-dealkylation sites (tertiary alicyclic amines) is 1. The van der Waals surface area contributed by atoms with Crippen LogP contribution in [0.2, 0.25) is 0 Å². The highest BCUT2D eigenvalue weighted by Gasteiger charge is 2.36. The molecule has 1 aromatic heterocycles. The summed E-state index contributed by atoms with van der Waals surface area (Å²) in [5.41, 5.74) is 3.77. The summed E-state index contributed by atoms with van der Waals surface area (Å²) in [6.07, 6.45) is 3.39. The van der Waals surface area contributed by atoms with Crippen LogP contribution in [0.5, 0.6) is 0 Å². The van der Waals surface area contributed by atoms with E-state index in [0.29, 0.717) is 42.0 Å². The summed E-state index contributed by atoms with van der Waals surface area (Å²) in [6.45, 7) is 5.57. The fourth-order valence-corrected chi connectivity index (χ4v) is 6.26. The lowest BCUT2D eigenvalue weighted by Crippen LogP contribution is -2.36. The van der Waals surface area contributed by atoms with Gasteiger partial charge < -0.3 is 25.4 Å². The number of hydrogen-bond acceptors (Lipinski definition) is 6. The van der Waals surface area contributed by atoms with Gasteiger partial charge in [0, 0.05) is 62.8 Å². The van der Waals surface area contributed by atoms with E-state index >= 15 is 0 Å². The van der Waals surface area contributed by atoms with E-state index in [-0.39, 0.29) is 30.0 Å². The molecule has 3 N–H and O–H groups in total. The molecule has 1 saturated heterocycles. The molecule has 41 heavy (non-hydrogen) atoms. The number of H-pyrrole nitrogens is 1. The molecule has 3 aliphatic heterocycles. The molecule has 6 rings (SSSR count). The molecule has 0 saturated carbocycles. The van der Waals surface area contributed by atoms with E-state index in [1.54, 1.807) is 6.07 Å². The van der Waals surface area contributed by atoms with Crippen LogP contribution in [0, 0.1) is 17.5 Å². The average molecular weight is 567 g/mol. The fraction of sp³-hybridized carbons (Fsp3) is 0.400. The first-order valence-corrected chi connectivity index (χ1v) is 14.0. The van der Waals surface area contributed by atoms with Crippen LogP contribution >= 0.6 is 0 Å². The molecule has 0 bridgehead atoms. The number of amides is 1. The lowest BCUT2D eigenvalue weighted by molar-refractivity contribution is 0.0756. The highest BCUT2D eigenvalue weighted by Crippen LogP contribution is 2.43. The van der Waals surface area contributed by atoms with Crippen LogP contribution in [0.25, 0.3) is 0 Å². The number of carbonyl (C=O) groups is 1. The van der Waals surface area contributed by atoms with Crippen LogP contribution in [-0.2, 0) is 13.0 Å². The van der Waals surface area contributed by atoms with Gasteiger partial charge in [0.15, 0.2) is 11.6 Å². The number of nitrogens with zero attached hydrogens (tertiary/aromatic N) is 3. The Hall–Kier alpha value is -3.99. The van der Waals surface area contributed by atoms with E-state index in [9.17, 15) is 22.8 Å². The highest BCUT2D eigenvalue weighted by molar-refractivity contribution is 6.01. The topological polar surface area (TPSA) is 83.7 Å². The SMILES string of the molecule is CC1CCCN1CCN1Cc2cc3c(cc2C1=O)N(C)C(c1c(NCCc2cc(F)cc(F)c2F)cc[nH]c1=O)N3. The lowest BCUT2D eigenvalue weighted by atomic mass is 10.1. The molecule has 216 valence electrons. The first-order chi connectivity index (χ1) is 19.7. The van der Waals surface area contributed by atoms with E-state index < -0.39 is 23.6 Å². The Morgan fingerprint density at radius 1 is 1.10 bits per heavy atom. The zero-order chi connectivity index (χ0) is 28.8. The van der Waals surface area contributed by atoms with Gasteiger partial charge >= 0.3 is 0 Å². The Balaban J connectivity index is 1.17. The van der Waals surface area contributed by atoms with Crippen LogP contribution in [0.4, 0.5) is 30.2 Å². The molecule has 1 fully saturated rings. The Labute approximate surface area is 236 Å². The van der Waals surface area contributed by atoms with Gasteiger partial charge in [0.05, 0.1) is 16.9 Å². The van der Waals surface area contributed by atoms with Gasteiger partial charge in [0.25, 0.3) is 11.5 Å². The number of benzene rings is 2. The molecule has 0 aliphatic carbocycles. The van der Waals surface area contributed by atoms with Crippen molar-refractivity contribution in [3.05, 3.63) is 86.6 Å². The van der Waals surface area contributed by atoms with Crippen LogP contribution in [-0.4, -0.2) is 60.0 Å². The van der Waals surface area contributed by atoms with Crippen molar-refractivity contribution in [1.29, 1.82) is 0 Å². The number of rotatable bonds is 8. The molecular formula is C30H33F3N6O2. The molecule has 3 aromatic rings. The Morgan fingerprint density at radius 3 is 2.71 bits per heavy atom. The second kappa shape index (κ2) is 10.8. The maximum atomic E-state index is 14.1. The van der Waals surface area contributed by atoms with Gasteiger partial charge in [0.1, 0.15) is 12.0 Å². The van der Waals surface area contributed by atoms with E-state index in [1.165, 1.54) is 19.0 Å². The summed E-state index contributed by atoms with van der Waals surface area (Å²) in [5.74, 6) is -3.15. The largest absolute Gasteiger partial charge is 0.384 e. The summed E-state index contributed by atoms with van der Waals surface area (Å²) in [5, 5.41) is 6.55. The Morgan fingerprint density at radius 2 is 1.93 bits per heavy atom. The van der Waals surface area contributed by atoms with Gasteiger partial charge in [-0.25, -0.2) is 13.2 Å². The number of fused-ring (bicyclic) bond motifs is 2. The molecule has 0 spiro atoms. The summed E-state index contributed by atoms with van der Waals surface area (Å²) in [7, 11) is 1.85. The van der Waals surface area contributed by atoms with Gasteiger partial charge in [0.2, 0.25) is 0 Å². The Kier molecular flexibility index (Phi) is 7.14. The number of halogens is 3. The number of hydrogen-bond donors (Lipinski definition) is 3. The van der Waals surface area contributed by atoms with Crippen molar-refractivity contribution in [3.8, 4) is 0 Å². The van der Waals surface area contributed by atoms with E-state index in [1.807, 2.05) is 29.0 Å². The van der Waals surface area contributed by atoms with Gasteiger partial charge in [-0.1, -0.05) is 0 Å². The van der Waals surface area contributed by atoms with Gasteiger partial charge in [-0.2, -0.15) is 0 Å². The molecule has 2 unspecified atom stereocenters. The zero-order valence-electron chi connectivity index (χ0n) is 23.1. The molecule has 2 atom stereocenters. The fourth-order valence-electron chi connectivity index (χ4n) is 6.26. The van der Waals surface area contributed by atoms with Gasteiger partial charge in [-0.15, -0.1) is 0 Å². The minimum Gasteiger partial charge on any atom is -0.384 e. The third-order valence-electron chi connectivity index (χ3n) is 8.56. The lowest BCUT2D eigenvalue weighted by Gasteiger charge is -2.25. The molecule has 11 heteroatoms. The van der Waals surface area contributed by atoms with Crippen LogP contribution in [0.3, 0.4) is 0 Å². The minimum atomic E-state index is -1.24. The van der Waals surface area contributed by atoms with Gasteiger partial charge in [-0.05, 0) is 68.1 Å². The van der Waals surface area contributed by atoms with E-state index in [4.69, 9.17) is 0 Å². The van der Waals surface area contributed by atoms with Crippen LogP contribution in [0.15, 0.2) is 41.3 Å². The van der Waals surface area contributed by atoms with Crippen LogP contribution in [0.1, 0.15) is 53.0 Å². The minimum absolute atomic E-state index is 0.0168. The third kappa shape index (κ3) is 5.03. The molecule has 2 aromatic carbocycles. The monoisotopic (exact) mass is 566 g/mol. The van der Waals surface area contributed by atoms with Crippen molar-refractivity contribution in [3.63, 3.8) is 0 Å². The summed E-state index contributed by atoms with van der Waals surface area (Å²) < 4.78 is 41.3.